The van der Waals surface area contributed by atoms with Crippen LogP contribution in [0.25, 0.3) is 0 Å². The Bertz CT molecular complexity index is 342. The van der Waals surface area contributed by atoms with Crippen molar-refractivity contribution in [1.29, 1.82) is 0 Å². The van der Waals surface area contributed by atoms with E-state index in [0.717, 1.165) is 32.1 Å². The predicted molar refractivity (Wildman–Crippen MR) is 83.3 cm³/mol. The second kappa shape index (κ2) is 8.90. The molecule has 0 spiro atoms. The van der Waals surface area contributed by atoms with Gasteiger partial charge in [-0.2, -0.15) is 0 Å². The standard InChI is InChI=1S/C16H30N2O3/c1-16(2)11-7-6-9-13(16)18-15(21)17-12-8-4-3-5-10-14(19)20/h13H,3-12H2,1-2H3,(H,19,20)(H2,17,18,21). The molecule has 0 aromatic carbocycles. The van der Waals surface area contributed by atoms with Gasteiger partial charge in [0.15, 0.2) is 0 Å². The van der Waals surface area contributed by atoms with Gasteiger partial charge in [0.1, 0.15) is 0 Å². The van der Waals surface area contributed by atoms with Crippen LogP contribution in [0, 0.1) is 5.41 Å². The molecular formula is C16H30N2O3. The van der Waals surface area contributed by atoms with Crippen molar-refractivity contribution in [3.05, 3.63) is 0 Å². The Kier molecular flexibility index (Phi) is 7.54. The molecule has 21 heavy (non-hydrogen) atoms. The van der Waals surface area contributed by atoms with E-state index >= 15 is 0 Å². The topological polar surface area (TPSA) is 78.4 Å². The van der Waals surface area contributed by atoms with Gasteiger partial charge in [-0.05, 0) is 31.1 Å². The number of urea groups is 1. The van der Waals surface area contributed by atoms with Gasteiger partial charge in [-0.15, -0.1) is 0 Å². The molecule has 1 unspecified atom stereocenters. The van der Waals surface area contributed by atoms with Gasteiger partial charge in [-0.3, -0.25) is 4.79 Å². The molecule has 5 nitrogen and oxygen atoms in total. The van der Waals surface area contributed by atoms with Crippen LogP contribution in [0.4, 0.5) is 4.79 Å². The minimum absolute atomic E-state index is 0.0690. The lowest BCUT2D eigenvalue weighted by Gasteiger charge is -2.38. The summed E-state index contributed by atoms with van der Waals surface area (Å²) in [5.41, 5.74) is 0.187. The fraction of sp³-hybridized carbons (Fsp3) is 0.875. The van der Waals surface area contributed by atoms with Gasteiger partial charge in [-0.25, -0.2) is 4.79 Å². The lowest BCUT2D eigenvalue weighted by molar-refractivity contribution is -0.137. The van der Waals surface area contributed by atoms with Crippen LogP contribution in [0.3, 0.4) is 0 Å². The molecule has 0 aliphatic heterocycles. The number of unbranched alkanes of at least 4 members (excludes halogenated alkanes) is 3. The summed E-state index contributed by atoms with van der Waals surface area (Å²) in [4.78, 5) is 22.2. The smallest absolute Gasteiger partial charge is 0.315 e. The van der Waals surface area contributed by atoms with Crippen molar-refractivity contribution in [2.75, 3.05) is 6.54 Å². The number of amides is 2. The second-order valence-corrected chi connectivity index (χ2v) is 6.75. The first-order valence-corrected chi connectivity index (χ1v) is 8.18. The lowest BCUT2D eigenvalue weighted by atomic mass is 9.73. The zero-order valence-electron chi connectivity index (χ0n) is 13.4. The van der Waals surface area contributed by atoms with Crippen LogP contribution in [0.5, 0.6) is 0 Å². The predicted octanol–water partition coefficient (Wildman–Crippen LogP) is 3.29. The summed E-state index contributed by atoms with van der Waals surface area (Å²) in [6.45, 7) is 5.10. The first-order valence-electron chi connectivity index (χ1n) is 8.18. The molecule has 1 fully saturated rings. The fourth-order valence-corrected chi connectivity index (χ4v) is 2.93. The van der Waals surface area contributed by atoms with Crippen molar-refractivity contribution in [1.82, 2.24) is 10.6 Å². The van der Waals surface area contributed by atoms with Crippen molar-refractivity contribution >= 4 is 12.0 Å². The molecule has 122 valence electrons. The molecule has 0 aromatic heterocycles. The molecule has 2 amide bonds. The van der Waals surface area contributed by atoms with E-state index in [0.29, 0.717) is 6.54 Å². The third-order valence-electron chi connectivity index (χ3n) is 4.42. The van der Waals surface area contributed by atoms with Crippen LogP contribution < -0.4 is 10.6 Å². The molecular weight excluding hydrogens is 268 g/mol. The van der Waals surface area contributed by atoms with Crippen molar-refractivity contribution in [3.8, 4) is 0 Å². The molecule has 0 aromatic rings. The van der Waals surface area contributed by atoms with Crippen LogP contribution in [0.2, 0.25) is 0 Å². The summed E-state index contributed by atoms with van der Waals surface area (Å²) in [6, 6.07) is 0.197. The van der Waals surface area contributed by atoms with E-state index in [1.54, 1.807) is 0 Å². The van der Waals surface area contributed by atoms with E-state index in [1.807, 2.05) is 0 Å². The number of carboxylic acid groups (broad SMARTS) is 1. The number of carbonyl (C=O) groups is 2. The minimum Gasteiger partial charge on any atom is -0.481 e. The van der Waals surface area contributed by atoms with Crippen molar-refractivity contribution in [2.45, 2.75) is 77.7 Å². The van der Waals surface area contributed by atoms with E-state index < -0.39 is 5.97 Å². The third kappa shape index (κ3) is 7.34. The zero-order chi connectivity index (χ0) is 15.7. The first-order chi connectivity index (χ1) is 9.92. The number of carboxylic acids is 1. The van der Waals surface area contributed by atoms with E-state index in [4.69, 9.17) is 5.11 Å². The molecule has 0 heterocycles. The van der Waals surface area contributed by atoms with Gasteiger partial charge in [0.05, 0.1) is 0 Å². The average molecular weight is 298 g/mol. The van der Waals surface area contributed by atoms with Crippen LogP contribution in [-0.4, -0.2) is 29.7 Å². The maximum Gasteiger partial charge on any atom is 0.315 e. The Morgan fingerprint density at radius 1 is 1.14 bits per heavy atom. The van der Waals surface area contributed by atoms with Gasteiger partial charge in [0.2, 0.25) is 0 Å². The quantitative estimate of drug-likeness (QED) is 0.602. The molecule has 1 aliphatic carbocycles. The van der Waals surface area contributed by atoms with E-state index in [-0.39, 0.29) is 23.9 Å². The number of aliphatic carboxylic acids is 1. The molecule has 1 saturated carbocycles. The minimum atomic E-state index is -0.734. The highest BCUT2D eigenvalue weighted by Gasteiger charge is 2.32. The summed E-state index contributed by atoms with van der Waals surface area (Å²) < 4.78 is 0. The SMILES string of the molecule is CC1(C)CCCCC1NC(=O)NCCCCCCC(=O)O. The van der Waals surface area contributed by atoms with Crippen LogP contribution in [0.15, 0.2) is 0 Å². The van der Waals surface area contributed by atoms with Crippen LogP contribution in [0.1, 0.15) is 71.6 Å². The van der Waals surface area contributed by atoms with Crippen molar-refractivity contribution in [2.24, 2.45) is 5.41 Å². The molecule has 1 aliphatic rings. The maximum atomic E-state index is 11.9. The second-order valence-electron chi connectivity index (χ2n) is 6.75. The van der Waals surface area contributed by atoms with Gasteiger partial charge in [-0.1, -0.05) is 39.5 Å². The summed E-state index contributed by atoms with van der Waals surface area (Å²) >= 11 is 0. The Hall–Kier alpha value is -1.26. The Morgan fingerprint density at radius 3 is 2.52 bits per heavy atom. The number of rotatable bonds is 8. The summed E-state index contributed by atoms with van der Waals surface area (Å²) in [6.07, 6.45) is 8.41. The third-order valence-corrected chi connectivity index (χ3v) is 4.42. The normalized spacial score (nSPS) is 20.8. The number of hydrogen-bond acceptors (Lipinski definition) is 2. The van der Waals surface area contributed by atoms with Gasteiger partial charge < -0.3 is 15.7 Å². The molecule has 3 N–H and O–H groups in total. The molecule has 1 atom stereocenters. The molecule has 0 radical (unpaired) electrons. The monoisotopic (exact) mass is 298 g/mol. The van der Waals surface area contributed by atoms with E-state index in [2.05, 4.69) is 24.5 Å². The van der Waals surface area contributed by atoms with Crippen molar-refractivity contribution in [3.63, 3.8) is 0 Å². The summed E-state index contributed by atoms with van der Waals surface area (Å²) in [7, 11) is 0. The lowest BCUT2D eigenvalue weighted by Crippen LogP contribution is -2.50. The van der Waals surface area contributed by atoms with Crippen molar-refractivity contribution < 1.29 is 14.7 Å². The first kappa shape index (κ1) is 17.8. The number of hydrogen-bond donors (Lipinski definition) is 3. The van der Waals surface area contributed by atoms with Crippen LogP contribution >= 0.6 is 0 Å². The molecule has 5 heteroatoms. The van der Waals surface area contributed by atoms with E-state index in [9.17, 15) is 9.59 Å². The van der Waals surface area contributed by atoms with Gasteiger partial charge in [0, 0.05) is 19.0 Å². The Balaban J connectivity index is 2.07. The zero-order valence-corrected chi connectivity index (χ0v) is 13.4. The fourth-order valence-electron chi connectivity index (χ4n) is 2.93. The molecule has 0 bridgehead atoms. The highest BCUT2D eigenvalue weighted by Crippen LogP contribution is 2.35. The average Bonchev–Trinajstić information content (AvgIpc) is 2.39. The highest BCUT2D eigenvalue weighted by atomic mass is 16.4. The Labute approximate surface area is 127 Å². The number of carbonyl (C=O) groups excluding carboxylic acids is 1. The van der Waals surface area contributed by atoms with E-state index in [1.165, 1.54) is 19.3 Å². The summed E-state index contributed by atoms with van der Waals surface area (Å²) in [5, 5.41) is 14.5. The van der Waals surface area contributed by atoms with Gasteiger partial charge in [0.25, 0.3) is 0 Å². The molecule has 1 rings (SSSR count). The summed E-state index contributed by atoms with van der Waals surface area (Å²) in [5.74, 6) is -0.734. The Morgan fingerprint density at radius 2 is 1.86 bits per heavy atom. The van der Waals surface area contributed by atoms with Crippen LogP contribution in [-0.2, 0) is 4.79 Å². The molecule has 0 saturated heterocycles. The maximum absolute atomic E-state index is 11.9. The largest absolute Gasteiger partial charge is 0.481 e. The van der Waals surface area contributed by atoms with Gasteiger partial charge >= 0.3 is 12.0 Å². The number of nitrogens with one attached hydrogen (secondary N) is 2. The highest BCUT2D eigenvalue weighted by molar-refractivity contribution is 5.74.